The Morgan fingerprint density at radius 3 is 2.80 bits per heavy atom. The lowest BCUT2D eigenvalue weighted by Crippen LogP contribution is -2.30. The lowest BCUT2D eigenvalue weighted by molar-refractivity contribution is 0.198. The number of thiophene rings is 1. The van der Waals surface area contributed by atoms with E-state index in [1.807, 2.05) is 6.07 Å². The molecule has 0 radical (unpaired) electrons. The molecule has 0 aliphatic heterocycles. The molecule has 1 atom stereocenters. The molecule has 82 valence electrons. The number of hydrogen-bond acceptors (Lipinski definition) is 5. The van der Waals surface area contributed by atoms with Gasteiger partial charge in [-0.1, -0.05) is 0 Å². The Balaban J connectivity index is 2.83. The van der Waals surface area contributed by atoms with Gasteiger partial charge in [-0.15, -0.1) is 11.3 Å². The topological polar surface area (TPSA) is 90.2 Å². The van der Waals surface area contributed by atoms with E-state index in [1.165, 1.54) is 19.1 Å². The first kappa shape index (κ1) is 12.1. The van der Waals surface area contributed by atoms with Gasteiger partial charge in [-0.05, 0) is 19.1 Å². The van der Waals surface area contributed by atoms with E-state index >= 15 is 0 Å². The lowest BCUT2D eigenvalue weighted by Gasteiger charge is -2.05. The summed E-state index contributed by atoms with van der Waals surface area (Å²) in [5, 5.41) is 17.5. The van der Waals surface area contributed by atoms with E-state index in [4.69, 9.17) is 10.4 Å². The number of hydrogen-bond donors (Lipinski definition) is 2. The van der Waals surface area contributed by atoms with E-state index in [-0.39, 0.29) is 10.8 Å². The summed E-state index contributed by atoms with van der Waals surface area (Å²) in [6.07, 6.45) is -0.741. The van der Waals surface area contributed by atoms with Crippen molar-refractivity contribution in [3.8, 4) is 6.07 Å². The van der Waals surface area contributed by atoms with Crippen molar-refractivity contribution in [1.29, 1.82) is 5.26 Å². The number of nitrogens with one attached hydrogen (secondary N) is 1. The van der Waals surface area contributed by atoms with Crippen molar-refractivity contribution in [2.45, 2.75) is 17.2 Å². The molecule has 2 N–H and O–H groups in total. The van der Waals surface area contributed by atoms with E-state index in [0.717, 1.165) is 11.3 Å². The normalized spacial score (nSPS) is 13.4. The largest absolute Gasteiger partial charge is 0.392 e. The van der Waals surface area contributed by atoms with Crippen molar-refractivity contribution < 1.29 is 13.5 Å². The molecule has 1 aromatic heterocycles. The molecule has 0 spiro atoms. The molecule has 0 unspecified atom stereocenters. The predicted molar refractivity (Wildman–Crippen MR) is 55.9 cm³/mol. The summed E-state index contributed by atoms with van der Waals surface area (Å²) in [4.78, 5) is 0.340. The molecule has 0 saturated carbocycles. The Hall–Kier alpha value is -0.940. The van der Waals surface area contributed by atoms with Gasteiger partial charge in [0.15, 0.2) is 0 Å². The Morgan fingerprint density at radius 2 is 2.33 bits per heavy atom. The molecule has 15 heavy (non-hydrogen) atoms. The van der Waals surface area contributed by atoms with Crippen molar-refractivity contribution >= 4 is 21.4 Å². The Morgan fingerprint density at radius 1 is 1.67 bits per heavy atom. The van der Waals surface area contributed by atoms with Crippen LogP contribution in [0, 0.1) is 11.3 Å². The van der Waals surface area contributed by atoms with Gasteiger partial charge in [0.1, 0.15) is 15.2 Å². The summed E-state index contributed by atoms with van der Waals surface area (Å²) in [6, 6.07) is 4.68. The molecule has 0 bridgehead atoms. The Kier molecular flexibility index (Phi) is 3.82. The standard InChI is InChI=1S/C8H10N2O3S2/c1-6(11)5-10-15(12,13)8-3-2-7(4-9)14-8/h2-3,6,10-11H,5H2,1H3/t6-/m1/s1. The first-order valence-electron chi connectivity index (χ1n) is 4.13. The van der Waals surface area contributed by atoms with Crippen LogP contribution in [0.3, 0.4) is 0 Å². The van der Waals surface area contributed by atoms with Gasteiger partial charge < -0.3 is 5.11 Å². The van der Waals surface area contributed by atoms with Crippen LogP contribution in [0.1, 0.15) is 11.8 Å². The first-order valence-corrected chi connectivity index (χ1v) is 6.43. The average Bonchev–Trinajstić information content (AvgIpc) is 2.63. The highest BCUT2D eigenvalue weighted by Gasteiger charge is 2.16. The third kappa shape index (κ3) is 3.28. The van der Waals surface area contributed by atoms with E-state index in [0.29, 0.717) is 4.88 Å². The quantitative estimate of drug-likeness (QED) is 0.798. The summed E-state index contributed by atoms with van der Waals surface area (Å²) in [6.45, 7) is 1.44. The molecule has 0 aromatic carbocycles. The van der Waals surface area contributed by atoms with Crippen LogP contribution >= 0.6 is 11.3 Å². The van der Waals surface area contributed by atoms with Gasteiger partial charge in [0.25, 0.3) is 0 Å². The van der Waals surface area contributed by atoms with Crippen molar-refractivity contribution in [2.75, 3.05) is 6.54 Å². The monoisotopic (exact) mass is 246 g/mol. The molecule has 5 nitrogen and oxygen atoms in total. The van der Waals surface area contributed by atoms with Crippen LogP contribution in [0.15, 0.2) is 16.3 Å². The maximum Gasteiger partial charge on any atom is 0.250 e. The van der Waals surface area contributed by atoms with Gasteiger partial charge in [-0.3, -0.25) is 0 Å². The molecule has 0 fully saturated rings. The summed E-state index contributed by atoms with van der Waals surface area (Å²) in [5.41, 5.74) is 0. The molecule has 0 saturated heterocycles. The number of aliphatic hydroxyl groups is 1. The lowest BCUT2D eigenvalue weighted by atomic mass is 10.4. The average molecular weight is 246 g/mol. The summed E-state index contributed by atoms with van der Waals surface area (Å²) in [7, 11) is -3.59. The third-order valence-electron chi connectivity index (χ3n) is 1.53. The molecule has 1 aromatic rings. The molecule has 7 heteroatoms. The number of nitrogens with zero attached hydrogens (tertiary/aromatic N) is 1. The number of rotatable bonds is 4. The minimum absolute atomic E-state index is 0.0396. The van der Waals surface area contributed by atoms with Crippen LogP contribution in [0.5, 0.6) is 0 Å². The van der Waals surface area contributed by atoms with Gasteiger partial charge in [0.05, 0.1) is 6.10 Å². The maximum absolute atomic E-state index is 11.5. The second-order valence-corrected chi connectivity index (χ2v) is 6.01. The van der Waals surface area contributed by atoms with Crippen molar-refractivity contribution in [3.05, 3.63) is 17.0 Å². The van der Waals surface area contributed by atoms with E-state index in [1.54, 1.807) is 0 Å². The second-order valence-electron chi connectivity index (χ2n) is 2.93. The fourth-order valence-corrected chi connectivity index (χ4v) is 3.10. The van der Waals surface area contributed by atoms with Crippen LogP contribution in [0.4, 0.5) is 0 Å². The van der Waals surface area contributed by atoms with E-state index in [9.17, 15) is 8.42 Å². The third-order valence-corrected chi connectivity index (χ3v) is 4.43. The van der Waals surface area contributed by atoms with Gasteiger partial charge in [0, 0.05) is 6.54 Å². The summed E-state index contributed by atoms with van der Waals surface area (Å²) in [5.74, 6) is 0. The number of nitriles is 1. The second kappa shape index (κ2) is 4.72. The molecular weight excluding hydrogens is 236 g/mol. The van der Waals surface area contributed by atoms with Crippen molar-refractivity contribution in [1.82, 2.24) is 4.72 Å². The van der Waals surface area contributed by atoms with E-state index < -0.39 is 16.1 Å². The number of aliphatic hydroxyl groups excluding tert-OH is 1. The molecule has 0 aliphatic rings. The predicted octanol–water partition coefficient (Wildman–Crippen LogP) is 0.279. The zero-order valence-electron chi connectivity index (χ0n) is 7.97. The fourth-order valence-electron chi connectivity index (χ4n) is 0.826. The van der Waals surface area contributed by atoms with Crippen molar-refractivity contribution in [2.24, 2.45) is 0 Å². The van der Waals surface area contributed by atoms with Crippen LogP contribution < -0.4 is 4.72 Å². The molecule has 0 amide bonds. The summed E-state index contributed by atoms with van der Waals surface area (Å²) < 4.78 is 25.4. The molecule has 1 rings (SSSR count). The van der Waals surface area contributed by atoms with Crippen molar-refractivity contribution in [3.63, 3.8) is 0 Å². The first-order chi connectivity index (χ1) is 6.95. The van der Waals surface area contributed by atoms with Crippen LogP contribution in [-0.4, -0.2) is 26.2 Å². The molecular formula is C8H10N2O3S2. The van der Waals surface area contributed by atoms with Crippen LogP contribution in [-0.2, 0) is 10.0 Å². The Bertz CT molecular complexity index is 470. The Labute approximate surface area is 92.0 Å². The number of sulfonamides is 1. The molecule has 1 heterocycles. The maximum atomic E-state index is 11.5. The zero-order chi connectivity index (χ0) is 11.5. The molecule has 0 aliphatic carbocycles. The van der Waals surface area contributed by atoms with Gasteiger partial charge in [-0.2, -0.15) is 5.26 Å². The van der Waals surface area contributed by atoms with E-state index in [2.05, 4.69) is 4.72 Å². The minimum Gasteiger partial charge on any atom is -0.392 e. The highest BCUT2D eigenvalue weighted by Crippen LogP contribution is 2.20. The minimum atomic E-state index is -3.59. The van der Waals surface area contributed by atoms with Crippen LogP contribution in [0.25, 0.3) is 0 Å². The summed E-state index contributed by atoms with van der Waals surface area (Å²) >= 11 is 0.898. The fraction of sp³-hybridized carbons (Fsp3) is 0.375. The highest BCUT2D eigenvalue weighted by atomic mass is 32.2. The SMILES string of the molecule is C[C@@H](O)CNS(=O)(=O)c1ccc(C#N)s1. The van der Waals surface area contributed by atoms with Crippen LogP contribution in [0.2, 0.25) is 0 Å². The van der Waals surface area contributed by atoms with Gasteiger partial charge >= 0.3 is 0 Å². The smallest absolute Gasteiger partial charge is 0.250 e. The van der Waals surface area contributed by atoms with Gasteiger partial charge in [0.2, 0.25) is 10.0 Å². The highest BCUT2D eigenvalue weighted by molar-refractivity contribution is 7.91. The van der Waals surface area contributed by atoms with Gasteiger partial charge in [-0.25, -0.2) is 13.1 Å². The zero-order valence-corrected chi connectivity index (χ0v) is 9.60.